The van der Waals surface area contributed by atoms with Crippen LogP contribution in [0.15, 0.2) is 48.7 Å². The molecule has 10 nitrogen and oxygen atoms in total. The monoisotopic (exact) mass is 781 g/mol. The molecule has 56 heavy (non-hydrogen) atoms. The van der Waals surface area contributed by atoms with Gasteiger partial charge in [-0.2, -0.15) is 0 Å². The molecular formula is C44H66F2N6O4. The van der Waals surface area contributed by atoms with Crippen molar-refractivity contribution in [2.45, 2.75) is 134 Å². The Labute approximate surface area is 333 Å². The van der Waals surface area contributed by atoms with E-state index >= 15 is 0 Å². The summed E-state index contributed by atoms with van der Waals surface area (Å²) in [6, 6.07) is 14.6. The minimum absolute atomic E-state index is 0.110. The number of piperazine rings is 1. The molecule has 0 radical (unpaired) electrons. The van der Waals surface area contributed by atoms with Gasteiger partial charge in [-0.3, -0.25) is 19.6 Å². The minimum atomic E-state index is -2.68. The number of rotatable bonds is 15. The number of carbonyl (C=O) groups is 2. The number of carbonyl (C=O) groups excluding carboxylic acids is 2. The topological polar surface area (TPSA) is 99.3 Å². The number of hydrogen-bond acceptors (Lipinski definition) is 8. The minimum Gasteiger partial charge on any atom is -0.444 e. The summed E-state index contributed by atoms with van der Waals surface area (Å²) in [5.74, 6) is -3.21. The number of amides is 2. The third kappa shape index (κ3) is 12.4. The second-order valence-electron chi connectivity index (χ2n) is 17.5. The lowest BCUT2D eigenvalue weighted by atomic mass is 9.86. The Balaban J connectivity index is 1.16. The van der Waals surface area contributed by atoms with Crippen LogP contribution in [-0.2, 0) is 20.7 Å². The summed E-state index contributed by atoms with van der Waals surface area (Å²) in [7, 11) is 0. The quantitative estimate of drug-likeness (QED) is 0.182. The second-order valence-corrected chi connectivity index (χ2v) is 17.5. The maximum atomic E-state index is 13.9. The number of alkyl halides is 2. The predicted octanol–water partition coefficient (Wildman–Crippen LogP) is 7.30. The molecule has 1 saturated carbocycles. The van der Waals surface area contributed by atoms with Gasteiger partial charge in [0.1, 0.15) is 5.60 Å². The van der Waals surface area contributed by atoms with Crippen LogP contribution in [0.5, 0.6) is 0 Å². The molecule has 3 fully saturated rings. The summed E-state index contributed by atoms with van der Waals surface area (Å²) in [5.41, 5.74) is 2.88. The fourth-order valence-corrected chi connectivity index (χ4v) is 8.98. The summed E-state index contributed by atoms with van der Waals surface area (Å²) in [4.78, 5) is 39.2. The van der Waals surface area contributed by atoms with Gasteiger partial charge in [-0.15, -0.1) is 0 Å². The zero-order chi connectivity index (χ0) is 39.5. The molecule has 2 amide bonds. The van der Waals surface area contributed by atoms with Crippen LogP contribution >= 0.6 is 0 Å². The van der Waals surface area contributed by atoms with Crippen molar-refractivity contribution in [2.75, 3.05) is 59.0 Å². The van der Waals surface area contributed by atoms with Crippen molar-refractivity contribution in [1.29, 1.82) is 0 Å². The molecule has 4 aliphatic rings. The molecule has 310 valence electrons. The standard InChI is InChI=1S/C44H66F2N6O4/c1-43(2,3)56-42(54)52-28-27-50(26-18-38(33-11-5-4-6-12-33)49-41(53)35-16-21-44(45,46)22-17-35)31-37(52)32-51(25-8-7-23-47-36-19-29-55-30-20-36)39-15-9-13-34-14-10-24-48-40(34)39/h4-6,10-12,14,24,35-39,47H,7-9,13,15-23,25-32H2,1-3H3,(H,49,53)/t37?,38-,39+/m1/s1. The maximum absolute atomic E-state index is 13.9. The van der Waals surface area contributed by atoms with Crippen molar-refractivity contribution >= 4 is 12.0 Å². The fourth-order valence-electron chi connectivity index (χ4n) is 8.98. The lowest BCUT2D eigenvalue weighted by Crippen LogP contribution is -2.60. The Morgan fingerprint density at radius 3 is 2.54 bits per heavy atom. The molecule has 6 rings (SSSR count). The van der Waals surface area contributed by atoms with E-state index in [1.54, 1.807) is 0 Å². The molecule has 2 saturated heterocycles. The van der Waals surface area contributed by atoms with E-state index in [0.29, 0.717) is 45.2 Å². The van der Waals surface area contributed by atoms with E-state index < -0.39 is 17.4 Å². The summed E-state index contributed by atoms with van der Waals surface area (Å²) < 4.78 is 39.4. The van der Waals surface area contributed by atoms with Gasteiger partial charge >= 0.3 is 6.09 Å². The van der Waals surface area contributed by atoms with Crippen LogP contribution < -0.4 is 10.6 Å². The molecule has 1 unspecified atom stereocenters. The van der Waals surface area contributed by atoms with Gasteiger partial charge in [0.15, 0.2) is 0 Å². The highest BCUT2D eigenvalue weighted by atomic mass is 19.3. The molecule has 0 spiro atoms. The number of nitrogens with zero attached hydrogens (tertiary/aromatic N) is 4. The van der Waals surface area contributed by atoms with Gasteiger partial charge in [0, 0.05) is 76.9 Å². The van der Waals surface area contributed by atoms with E-state index in [0.717, 1.165) is 76.8 Å². The Kier molecular flexibility index (Phi) is 15.1. The van der Waals surface area contributed by atoms with Gasteiger partial charge in [0.2, 0.25) is 11.8 Å². The van der Waals surface area contributed by atoms with Crippen molar-refractivity contribution in [3.63, 3.8) is 0 Å². The van der Waals surface area contributed by atoms with E-state index in [1.807, 2.05) is 68.3 Å². The SMILES string of the molecule is CC(C)(C)OC(=O)N1CCN(CC[C@@H](NC(=O)C2CCC(F)(F)CC2)c2ccccc2)CC1CN(CCCCNC1CCOCC1)[C@H]1CCCc2cccnc21. The Hall–Kier alpha value is -3.19. The molecule has 2 N–H and O–H groups in total. The van der Waals surface area contributed by atoms with Gasteiger partial charge in [-0.05, 0) is 115 Å². The zero-order valence-electron chi connectivity index (χ0n) is 34.0. The fraction of sp³-hybridized carbons (Fsp3) is 0.705. The van der Waals surface area contributed by atoms with Crippen LogP contribution in [0.3, 0.4) is 0 Å². The molecule has 2 aromatic rings. The summed E-state index contributed by atoms with van der Waals surface area (Å²) >= 11 is 0. The maximum Gasteiger partial charge on any atom is 0.410 e. The highest BCUT2D eigenvalue weighted by Gasteiger charge is 2.39. The van der Waals surface area contributed by atoms with Crippen LogP contribution in [0.1, 0.15) is 120 Å². The molecule has 2 aliphatic heterocycles. The lowest BCUT2D eigenvalue weighted by Gasteiger charge is -2.45. The largest absolute Gasteiger partial charge is 0.444 e. The number of fused-ring (bicyclic) bond motifs is 1. The molecule has 0 bridgehead atoms. The molecular weight excluding hydrogens is 715 g/mol. The Bertz CT molecular complexity index is 1530. The first kappa shape index (κ1) is 42.4. The van der Waals surface area contributed by atoms with Crippen molar-refractivity contribution < 1.29 is 27.8 Å². The van der Waals surface area contributed by atoms with Crippen LogP contribution in [0.25, 0.3) is 0 Å². The number of hydrogen-bond donors (Lipinski definition) is 2. The second kappa shape index (κ2) is 20.0. The number of ether oxygens (including phenoxy) is 2. The molecule has 2 aliphatic carbocycles. The first-order chi connectivity index (χ1) is 26.9. The molecule has 3 heterocycles. The summed E-state index contributed by atoms with van der Waals surface area (Å²) in [5, 5.41) is 7.00. The number of pyridine rings is 1. The van der Waals surface area contributed by atoms with Crippen LogP contribution in [-0.4, -0.2) is 114 Å². The molecule has 3 atom stereocenters. The Morgan fingerprint density at radius 2 is 1.79 bits per heavy atom. The smallest absolute Gasteiger partial charge is 0.410 e. The van der Waals surface area contributed by atoms with E-state index in [4.69, 9.17) is 14.5 Å². The van der Waals surface area contributed by atoms with E-state index in [-0.39, 0.29) is 55.8 Å². The summed E-state index contributed by atoms with van der Waals surface area (Å²) in [6.45, 7) is 12.6. The number of unbranched alkanes of at least 4 members (excludes halogenated alkanes) is 1. The lowest BCUT2D eigenvalue weighted by molar-refractivity contribution is -0.130. The number of benzene rings is 1. The van der Waals surface area contributed by atoms with E-state index in [1.165, 1.54) is 11.3 Å². The van der Waals surface area contributed by atoms with E-state index in [2.05, 4.69) is 26.5 Å². The molecule has 1 aromatic carbocycles. The van der Waals surface area contributed by atoms with Crippen molar-refractivity contribution in [1.82, 2.24) is 30.3 Å². The Morgan fingerprint density at radius 1 is 1.02 bits per heavy atom. The van der Waals surface area contributed by atoms with Gasteiger partial charge in [0.25, 0.3) is 0 Å². The first-order valence-corrected chi connectivity index (χ1v) is 21.4. The highest BCUT2D eigenvalue weighted by molar-refractivity contribution is 5.79. The van der Waals surface area contributed by atoms with Crippen LogP contribution in [0, 0.1) is 5.92 Å². The van der Waals surface area contributed by atoms with Crippen LogP contribution in [0.4, 0.5) is 13.6 Å². The summed E-state index contributed by atoms with van der Waals surface area (Å²) in [6.07, 6.45) is 9.64. The molecule has 12 heteroatoms. The number of aryl methyl sites for hydroxylation is 1. The predicted molar refractivity (Wildman–Crippen MR) is 215 cm³/mol. The number of halogens is 2. The van der Waals surface area contributed by atoms with E-state index in [9.17, 15) is 18.4 Å². The molecule has 1 aromatic heterocycles. The average molecular weight is 781 g/mol. The first-order valence-electron chi connectivity index (χ1n) is 21.4. The normalized spacial score (nSPS) is 23.1. The highest BCUT2D eigenvalue weighted by Crippen LogP contribution is 2.37. The van der Waals surface area contributed by atoms with Gasteiger partial charge < -0.3 is 25.0 Å². The number of nitrogens with one attached hydrogen (secondary N) is 2. The van der Waals surface area contributed by atoms with Gasteiger partial charge in [-0.1, -0.05) is 36.4 Å². The van der Waals surface area contributed by atoms with Crippen molar-refractivity contribution in [3.8, 4) is 0 Å². The number of aromatic nitrogens is 1. The zero-order valence-corrected chi connectivity index (χ0v) is 34.0. The third-order valence-corrected chi connectivity index (χ3v) is 12.1. The third-order valence-electron chi connectivity index (χ3n) is 12.1. The van der Waals surface area contributed by atoms with Gasteiger partial charge in [0.05, 0.1) is 23.8 Å². The van der Waals surface area contributed by atoms with Gasteiger partial charge in [-0.25, -0.2) is 13.6 Å². The van der Waals surface area contributed by atoms with Crippen molar-refractivity contribution in [2.24, 2.45) is 5.92 Å². The van der Waals surface area contributed by atoms with Crippen molar-refractivity contribution in [3.05, 3.63) is 65.5 Å². The average Bonchev–Trinajstić information content (AvgIpc) is 3.18. The van der Waals surface area contributed by atoms with Crippen LogP contribution in [0.2, 0.25) is 0 Å².